The molecule has 2 N–H and O–H groups in total. The van der Waals surface area contributed by atoms with Gasteiger partial charge in [-0.25, -0.2) is 4.79 Å². The molecule has 1 amide bonds. The zero-order chi connectivity index (χ0) is 15.0. The number of para-hydroxylation sites is 1. The predicted molar refractivity (Wildman–Crippen MR) is 76.1 cm³/mol. The molecule has 0 unspecified atom stereocenters. The second kappa shape index (κ2) is 7.78. The molecule has 0 bridgehead atoms. The van der Waals surface area contributed by atoms with E-state index in [9.17, 15) is 4.79 Å². The van der Waals surface area contributed by atoms with Crippen LogP contribution in [0.25, 0.3) is 0 Å². The van der Waals surface area contributed by atoms with E-state index in [1.54, 1.807) is 38.1 Å². The van der Waals surface area contributed by atoms with Gasteiger partial charge in [0.25, 0.3) is 0 Å². The van der Waals surface area contributed by atoms with Gasteiger partial charge >= 0.3 is 6.09 Å². The van der Waals surface area contributed by atoms with Crippen LogP contribution in [0.1, 0.15) is 19.4 Å². The third-order valence-electron chi connectivity index (χ3n) is 2.43. The number of carbonyl (C=O) groups is 1. The predicted octanol–water partition coefficient (Wildman–Crippen LogP) is 2.69. The molecule has 0 radical (unpaired) electrons. The molecule has 1 rings (SSSR count). The van der Waals surface area contributed by atoms with Crippen LogP contribution in [-0.4, -0.2) is 29.7 Å². The Bertz CT molecular complexity index is 526. The molecule has 0 aliphatic rings. The second-order valence-electron chi connectivity index (χ2n) is 3.90. The normalized spacial score (nSPS) is 11.9. The molecule has 0 saturated carbocycles. The highest BCUT2D eigenvalue weighted by molar-refractivity contribution is 6.40. The fourth-order valence-electron chi connectivity index (χ4n) is 1.35. The fraction of sp³-hybridized carbons (Fsp3) is 0.308. The van der Waals surface area contributed by atoms with Gasteiger partial charge in [0.2, 0.25) is 0 Å². The Kier molecular flexibility index (Phi) is 6.02. The molecule has 0 atom stereocenters. The lowest BCUT2D eigenvalue weighted by Gasteiger charge is -2.08. The van der Waals surface area contributed by atoms with Gasteiger partial charge in [-0.2, -0.15) is 0 Å². The first-order valence-corrected chi connectivity index (χ1v) is 5.87. The average Bonchev–Trinajstić information content (AvgIpc) is 2.40. The maximum Gasteiger partial charge on any atom is 0.409 e. The van der Waals surface area contributed by atoms with Gasteiger partial charge in [-0.15, -0.1) is 0 Å². The van der Waals surface area contributed by atoms with E-state index in [1.807, 2.05) is 0 Å². The summed E-state index contributed by atoms with van der Waals surface area (Å²) in [7, 11) is 1.45. The molecule has 0 aliphatic heterocycles. The number of hydrogen-bond donors (Lipinski definition) is 2. The number of rotatable bonds is 6. The minimum absolute atomic E-state index is 0.147. The highest BCUT2D eigenvalue weighted by Crippen LogP contribution is 2.16. The lowest BCUT2D eigenvalue weighted by Crippen LogP contribution is -2.10. The summed E-state index contributed by atoms with van der Waals surface area (Å²) in [6.45, 7) is 3.62. The summed E-state index contributed by atoms with van der Waals surface area (Å²) in [5, 5.41) is 18.6. The number of benzene rings is 1. The van der Waals surface area contributed by atoms with Crippen LogP contribution in [0.15, 0.2) is 34.6 Å². The van der Waals surface area contributed by atoms with Crippen LogP contribution in [0.3, 0.4) is 0 Å². The van der Waals surface area contributed by atoms with Crippen molar-refractivity contribution in [3.8, 4) is 0 Å². The van der Waals surface area contributed by atoms with Crippen molar-refractivity contribution in [2.45, 2.75) is 20.5 Å². The quantitative estimate of drug-likeness (QED) is 0.618. The highest BCUT2D eigenvalue weighted by Gasteiger charge is 2.05. The summed E-state index contributed by atoms with van der Waals surface area (Å²) in [6, 6.07) is 6.94. The third-order valence-corrected chi connectivity index (χ3v) is 2.43. The number of anilines is 1. The van der Waals surface area contributed by atoms with Crippen LogP contribution < -0.4 is 5.32 Å². The van der Waals surface area contributed by atoms with E-state index in [4.69, 9.17) is 9.94 Å². The Morgan fingerprint density at radius 2 is 1.90 bits per heavy atom. The van der Waals surface area contributed by atoms with Gasteiger partial charge in [-0.1, -0.05) is 28.5 Å². The van der Waals surface area contributed by atoms with Gasteiger partial charge < -0.3 is 14.8 Å². The van der Waals surface area contributed by atoms with E-state index in [2.05, 4.69) is 20.5 Å². The summed E-state index contributed by atoms with van der Waals surface area (Å²) in [6.07, 6.45) is -1.12. The Hall–Kier alpha value is -2.57. The molecule has 1 aromatic carbocycles. The summed E-state index contributed by atoms with van der Waals surface area (Å²) < 4.78 is 0. The largest absolute Gasteiger partial charge is 0.465 e. The van der Waals surface area contributed by atoms with E-state index >= 15 is 0 Å². The van der Waals surface area contributed by atoms with Gasteiger partial charge in [0, 0.05) is 5.56 Å². The lowest BCUT2D eigenvalue weighted by molar-refractivity contribution is 0.131. The molecule has 0 spiro atoms. The molecule has 7 heteroatoms. The smallest absolute Gasteiger partial charge is 0.409 e. The van der Waals surface area contributed by atoms with Crippen molar-refractivity contribution in [3.05, 3.63) is 29.8 Å². The zero-order valence-electron chi connectivity index (χ0n) is 11.6. The first kappa shape index (κ1) is 15.5. The molecule has 108 valence electrons. The van der Waals surface area contributed by atoms with Crippen LogP contribution in [0.5, 0.6) is 0 Å². The molecule has 0 aromatic heterocycles. The van der Waals surface area contributed by atoms with E-state index in [-0.39, 0.29) is 6.61 Å². The number of carboxylic acid groups (broad SMARTS) is 1. The number of nitrogens with zero attached hydrogens (tertiary/aromatic N) is 2. The molecular weight excluding hydrogens is 262 g/mol. The van der Waals surface area contributed by atoms with Gasteiger partial charge in [0.05, 0.1) is 5.69 Å². The Morgan fingerprint density at radius 3 is 2.55 bits per heavy atom. The maximum atomic E-state index is 10.7. The zero-order valence-corrected chi connectivity index (χ0v) is 11.6. The fourth-order valence-corrected chi connectivity index (χ4v) is 1.35. The first-order valence-electron chi connectivity index (χ1n) is 5.87. The summed E-state index contributed by atoms with van der Waals surface area (Å²) >= 11 is 0. The molecule has 0 fully saturated rings. The monoisotopic (exact) mass is 279 g/mol. The van der Waals surface area contributed by atoms with Crippen molar-refractivity contribution in [1.82, 2.24) is 0 Å². The summed E-state index contributed by atoms with van der Waals surface area (Å²) in [5.41, 5.74) is 2.34. The van der Waals surface area contributed by atoms with Crippen LogP contribution in [-0.2, 0) is 16.3 Å². The minimum atomic E-state index is -1.12. The summed E-state index contributed by atoms with van der Waals surface area (Å²) in [5.74, 6) is 0. The SMILES string of the molecule is CO/N=C(\C)C(C)=NOCc1ccccc1NC(=O)O. The Labute approximate surface area is 116 Å². The van der Waals surface area contributed by atoms with Crippen molar-refractivity contribution in [1.29, 1.82) is 0 Å². The van der Waals surface area contributed by atoms with E-state index in [0.29, 0.717) is 22.7 Å². The number of hydrogen-bond acceptors (Lipinski definition) is 5. The number of oxime groups is 2. The van der Waals surface area contributed by atoms with E-state index in [0.717, 1.165) is 0 Å². The molecule has 20 heavy (non-hydrogen) atoms. The maximum absolute atomic E-state index is 10.7. The highest BCUT2D eigenvalue weighted by atomic mass is 16.6. The van der Waals surface area contributed by atoms with E-state index < -0.39 is 6.09 Å². The molecule has 0 heterocycles. The molecule has 0 aliphatic carbocycles. The average molecular weight is 279 g/mol. The molecule has 1 aromatic rings. The molecular formula is C13H17N3O4. The van der Waals surface area contributed by atoms with Crippen LogP contribution >= 0.6 is 0 Å². The molecule has 7 nitrogen and oxygen atoms in total. The Morgan fingerprint density at radius 1 is 1.25 bits per heavy atom. The molecule has 0 saturated heterocycles. The lowest BCUT2D eigenvalue weighted by atomic mass is 10.2. The van der Waals surface area contributed by atoms with Crippen molar-refractivity contribution in [2.24, 2.45) is 10.3 Å². The van der Waals surface area contributed by atoms with Gasteiger partial charge in [0.1, 0.15) is 25.1 Å². The standard InChI is InChI=1S/C13H17N3O4/c1-9(15-19-3)10(2)16-20-8-11-6-4-5-7-12(11)14-13(17)18/h4-7,14H,8H2,1-3H3,(H,17,18)/b15-9+,16-10?. The van der Waals surface area contributed by atoms with Gasteiger partial charge in [-0.3, -0.25) is 5.32 Å². The third kappa shape index (κ3) is 4.97. The van der Waals surface area contributed by atoms with Crippen LogP contribution in [0, 0.1) is 0 Å². The van der Waals surface area contributed by atoms with Crippen molar-refractivity contribution in [3.63, 3.8) is 0 Å². The number of amides is 1. The van der Waals surface area contributed by atoms with Gasteiger partial charge in [0.15, 0.2) is 0 Å². The van der Waals surface area contributed by atoms with Crippen LogP contribution in [0.2, 0.25) is 0 Å². The van der Waals surface area contributed by atoms with Crippen molar-refractivity contribution < 1.29 is 19.6 Å². The summed E-state index contributed by atoms with van der Waals surface area (Å²) in [4.78, 5) is 20.5. The minimum Gasteiger partial charge on any atom is -0.465 e. The second-order valence-corrected chi connectivity index (χ2v) is 3.90. The van der Waals surface area contributed by atoms with Crippen molar-refractivity contribution >= 4 is 23.2 Å². The van der Waals surface area contributed by atoms with Gasteiger partial charge in [-0.05, 0) is 19.9 Å². The first-order chi connectivity index (χ1) is 9.54. The van der Waals surface area contributed by atoms with Crippen molar-refractivity contribution in [2.75, 3.05) is 12.4 Å². The topological polar surface area (TPSA) is 92.5 Å². The van der Waals surface area contributed by atoms with Crippen LogP contribution in [0.4, 0.5) is 10.5 Å². The Balaban J connectivity index is 2.68. The van der Waals surface area contributed by atoms with E-state index in [1.165, 1.54) is 7.11 Å². The number of nitrogens with one attached hydrogen (secondary N) is 1.